The Morgan fingerprint density at radius 1 is 0.280 bits per heavy atom. The van der Waals surface area contributed by atoms with Crippen molar-refractivity contribution in [1.82, 2.24) is 0 Å². The second-order valence-corrected chi connectivity index (χ2v) is 15.3. The van der Waals surface area contributed by atoms with Crippen LogP contribution in [0, 0.1) is 0 Å². The number of fused-ring (bicyclic) bond motifs is 9. The van der Waals surface area contributed by atoms with Crippen LogP contribution in [0.3, 0.4) is 0 Å². The van der Waals surface area contributed by atoms with Crippen molar-refractivity contribution >= 4 is 21.5 Å². The minimum atomic E-state index is -0.116. The molecule has 2 aliphatic carbocycles. The summed E-state index contributed by atoms with van der Waals surface area (Å²) in [6, 6.07) is 59.2. The van der Waals surface area contributed by atoms with E-state index in [0.717, 1.165) is 0 Å². The second kappa shape index (κ2) is 10.4. The third kappa shape index (κ3) is 4.12. The molecule has 0 nitrogen and oxygen atoms in total. The Kier molecular flexibility index (Phi) is 6.07. The quantitative estimate of drug-likeness (QED) is 0.169. The summed E-state index contributed by atoms with van der Waals surface area (Å²) in [5.41, 5.74) is 18.6. The Morgan fingerprint density at radius 2 is 0.740 bits per heavy atom. The summed E-state index contributed by atoms with van der Waals surface area (Å²) in [6.45, 7) is 9.51. The molecule has 0 saturated carbocycles. The average molecular weight is 639 g/mol. The van der Waals surface area contributed by atoms with Crippen molar-refractivity contribution in [1.29, 1.82) is 0 Å². The third-order valence-corrected chi connectivity index (χ3v) is 11.9. The van der Waals surface area contributed by atoms with Crippen LogP contribution in [0.2, 0.25) is 0 Å². The number of benzene rings is 8. The number of rotatable bonds is 3. The highest BCUT2D eigenvalue weighted by Gasteiger charge is 2.37. The smallest absolute Gasteiger partial charge is 0.0159 e. The van der Waals surface area contributed by atoms with Crippen molar-refractivity contribution in [2.45, 2.75) is 38.5 Å². The standard InChI is InChI=1S/C50H38/c1-49(2)45-19-10-9-18-40(45)41-23-21-33(29-46(41)49)34-22-25-43-42-24-20-32(28-47(42)50(3,4)48(43)30-34)31-13-11-14-35(26-31)44-27-36-12-5-6-15-37(36)38-16-7-8-17-39(38)44/h5-30H,1-4H3. The van der Waals surface area contributed by atoms with Crippen molar-refractivity contribution in [3.8, 4) is 55.6 Å². The van der Waals surface area contributed by atoms with Crippen LogP contribution >= 0.6 is 0 Å². The van der Waals surface area contributed by atoms with Crippen molar-refractivity contribution in [2.24, 2.45) is 0 Å². The minimum Gasteiger partial charge on any atom is -0.0619 e. The molecule has 0 bridgehead atoms. The molecule has 0 spiro atoms. The van der Waals surface area contributed by atoms with E-state index in [2.05, 4.69) is 185 Å². The molecule has 8 aromatic carbocycles. The van der Waals surface area contributed by atoms with Crippen molar-refractivity contribution in [3.63, 3.8) is 0 Å². The third-order valence-electron chi connectivity index (χ3n) is 11.9. The molecule has 0 fully saturated rings. The Hall–Kier alpha value is -5.72. The number of hydrogen-bond acceptors (Lipinski definition) is 0. The predicted octanol–water partition coefficient (Wildman–Crippen LogP) is 13.6. The van der Waals surface area contributed by atoms with Crippen LogP contribution < -0.4 is 0 Å². The topological polar surface area (TPSA) is 0 Å². The van der Waals surface area contributed by atoms with E-state index in [0.29, 0.717) is 0 Å². The SMILES string of the molecule is CC1(C)c2ccccc2-c2ccc(-c3ccc4c(c3)C(C)(C)c3cc(-c5cccc(-c6cc7ccccc7c7ccccc67)c5)ccc3-4)cc21. The molecule has 0 saturated heterocycles. The van der Waals surface area contributed by atoms with E-state index in [1.807, 2.05) is 0 Å². The van der Waals surface area contributed by atoms with Gasteiger partial charge >= 0.3 is 0 Å². The van der Waals surface area contributed by atoms with Crippen LogP contribution in [0.1, 0.15) is 49.9 Å². The Morgan fingerprint density at radius 3 is 1.38 bits per heavy atom. The van der Waals surface area contributed by atoms with E-state index in [1.54, 1.807) is 0 Å². The largest absolute Gasteiger partial charge is 0.0619 e. The molecule has 0 unspecified atom stereocenters. The summed E-state index contributed by atoms with van der Waals surface area (Å²) < 4.78 is 0. The summed E-state index contributed by atoms with van der Waals surface area (Å²) in [7, 11) is 0. The molecule has 10 rings (SSSR count). The van der Waals surface area contributed by atoms with Gasteiger partial charge in [-0.3, -0.25) is 0 Å². The highest BCUT2D eigenvalue weighted by molar-refractivity contribution is 6.13. The fourth-order valence-corrected chi connectivity index (χ4v) is 9.14. The highest BCUT2D eigenvalue weighted by Crippen LogP contribution is 2.52. The summed E-state index contributed by atoms with van der Waals surface area (Å²) in [6.07, 6.45) is 0. The Balaban J connectivity index is 1.03. The molecule has 0 heterocycles. The maximum absolute atomic E-state index is 2.46. The summed E-state index contributed by atoms with van der Waals surface area (Å²) in [5, 5.41) is 5.17. The number of hydrogen-bond donors (Lipinski definition) is 0. The lowest BCUT2D eigenvalue weighted by Crippen LogP contribution is -2.15. The lowest BCUT2D eigenvalue weighted by atomic mass is 9.80. The zero-order valence-corrected chi connectivity index (χ0v) is 29.0. The van der Waals surface area contributed by atoms with Gasteiger partial charge < -0.3 is 0 Å². The van der Waals surface area contributed by atoms with Gasteiger partial charge in [-0.1, -0.05) is 155 Å². The molecule has 2 aliphatic rings. The van der Waals surface area contributed by atoms with E-state index >= 15 is 0 Å². The van der Waals surface area contributed by atoms with Gasteiger partial charge in [0.2, 0.25) is 0 Å². The maximum atomic E-state index is 2.46. The molecule has 0 N–H and O–H groups in total. The average Bonchev–Trinajstić information content (AvgIpc) is 3.53. The fourth-order valence-electron chi connectivity index (χ4n) is 9.14. The Bertz CT molecular complexity index is 2700. The van der Waals surface area contributed by atoms with Crippen LogP contribution in [0.15, 0.2) is 158 Å². The highest BCUT2D eigenvalue weighted by atomic mass is 14.4. The summed E-state index contributed by atoms with van der Waals surface area (Å²) in [5.74, 6) is 0. The first kappa shape index (κ1) is 29.2. The first-order chi connectivity index (χ1) is 24.3. The van der Waals surface area contributed by atoms with Gasteiger partial charge in [-0.2, -0.15) is 0 Å². The van der Waals surface area contributed by atoms with Crippen molar-refractivity contribution < 1.29 is 0 Å². The molecule has 0 radical (unpaired) electrons. The first-order valence-electron chi connectivity index (χ1n) is 17.8. The van der Waals surface area contributed by atoms with Crippen molar-refractivity contribution in [3.05, 3.63) is 180 Å². The monoisotopic (exact) mass is 638 g/mol. The molecule has 0 amide bonds. The van der Waals surface area contributed by atoms with Crippen LogP contribution in [0.4, 0.5) is 0 Å². The predicted molar refractivity (Wildman–Crippen MR) is 213 cm³/mol. The molecule has 0 aromatic heterocycles. The molecular formula is C50H38. The lowest BCUT2D eigenvalue weighted by Gasteiger charge is -2.23. The van der Waals surface area contributed by atoms with Gasteiger partial charge in [-0.05, 0) is 130 Å². The molecular weight excluding hydrogens is 601 g/mol. The molecule has 238 valence electrons. The molecule has 0 heteroatoms. The normalized spacial score (nSPS) is 14.7. The van der Waals surface area contributed by atoms with E-state index in [1.165, 1.54) is 99.4 Å². The van der Waals surface area contributed by atoms with Gasteiger partial charge in [0, 0.05) is 10.8 Å². The van der Waals surface area contributed by atoms with Gasteiger partial charge in [0.15, 0.2) is 0 Å². The second-order valence-electron chi connectivity index (χ2n) is 15.3. The van der Waals surface area contributed by atoms with E-state index in [-0.39, 0.29) is 10.8 Å². The maximum Gasteiger partial charge on any atom is 0.0159 e. The summed E-state index contributed by atoms with van der Waals surface area (Å²) in [4.78, 5) is 0. The van der Waals surface area contributed by atoms with Gasteiger partial charge in [-0.25, -0.2) is 0 Å². The van der Waals surface area contributed by atoms with Gasteiger partial charge in [0.25, 0.3) is 0 Å². The first-order valence-corrected chi connectivity index (χ1v) is 17.8. The lowest BCUT2D eigenvalue weighted by molar-refractivity contribution is 0.659. The zero-order valence-electron chi connectivity index (χ0n) is 29.0. The van der Waals surface area contributed by atoms with Crippen LogP contribution in [0.5, 0.6) is 0 Å². The molecule has 50 heavy (non-hydrogen) atoms. The van der Waals surface area contributed by atoms with E-state index in [9.17, 15) is 0 Å². The van der Waals surface area contributed by atoms with Gasteiger partial charge in [-0.15, -0.1) is 0 Å². The molecule has 8 aromatic rings. The van der Waals surface area contributed by atoms with Gasteiger partial charge in [0.1, 0.15) is 0 Å². The molecule has 0 atom stereocenters. The van der Waals surface area contributed by atoms with Crippen LogP contribution in [-0.4, -0.2) is 0 Å². The zero-order chi connectivity index (χ0) is 33.8. The fraction of sp³-hybridized carbons (Fsp3) is 0.120. The van der Waals surface area contributed by atoms with E-state index < -0.39 is 0 Å². The van der Waals surface area contributed by atoms with Crippen LogP contribution in [0.25, 0.3) is 77.2 Å². The molecule has 0 aliphatic heterocycles. The van der Waals surface area contributed by atoms with Gasteiger partial charge in [0.05, 0.1) is 0 Å². The Labute approximate surface area is 294 Å². The van der Waals surface area contributed by atoms with E-state index in [4.69, 9.17) is 0 Å². The summed E-state index contributed by atoms with van der Waals surface area (Å²) >= 11 is 0. The minimum absolute atomic E-state index is 0.0106. The van der Waals surface area contributed by atoms with Crippen LogP contribution in [-0.2, 0) is 10.8 Å². The van der Waals surface area contributed by atoms with Crippen molar-refractivity contribution in [2.75, 3.05) is 0 Å².